The molecule has 0 aliphatic rings. The number of nitrogens with two attached hydrogens (primary N) is 1. The molecule has 0 aliphatic heterocycles. The number of carbonyl (C=O) groups is 2. The molecule has 1 rings (SSSR count). The van der Waals surface area contributed by atoms with Crippen LogP contribution in [0.4, 0.5) is 8.78 Å². The van der Waals surface area contributed by atoms with E-state index >= 15 is 0 Å². The first-order valence-electron chi connectivity index (χ1n) is 9.44. The van der Waals surface area contributed by atoms with Crippen molar-refractivity contribution >= 4 is 27.3 Å². The van der Waals surface area contributed by atoms with Gasteiger partial charge in [0.05, 0.1) is 19.1 Å². The molecule has 0 radical (unpaired) electrons. The van der Waals surface area contributed by atoms with Gasteiger partial charge in [-0.1, -0.05) is 39.6 Å². The first kappa shape index (κ1) is 25.8. The fourth-order valence-electron chi connectivity index (χ4n) is 2.54. The molecule has 30 heavy (non-hydrogen) atoms. The summed E-state index contributed by atoms with van der Waals surface area (Å²) in [5.41, 5.74) is -0.969. The molecule has 0 aliphatic carbocycles. The van der Waals surface area contributed by atoms with E-state index in [1.807, 2.05) is 24.3 Å². The largest absolute Gasteiger partial charge is 0.377 e. The minimum Gasteiger partial charge on any atom is -0.377 e. The van der Waals surface area contributed by atoms with Gasteiger partial charge in [-0.3, -0.25) is 4.79 Å². The lowest BCUT2D eigenvalue weighted by molar-refractivity contribution is -0.125. The van der Waals surface area contributed by atoms with Crippen LogP contribution in [0.3, 0.4) is 0 Å². The average molecular weight is 442 g/mol. The van der Waals surface area contributed by atoms with E-state index in [-0.39, 0.29) is 37.8 Å². The number of rotatable bonds is 13. The van der Waals surface area contributed by atoms with Gasteiger partial charge in [0.25, 0.3) is 5.66 Å². The number of amides is 1. The summed E-state index contributed by atoms with van der Waals surface area (Å²) in [6.45, 7) is 0.568. The lowest BCUT2D eigenvalue weighted by atomic mass is 10.1. The number of halogens is 2. The Kier molecular flexibility index (Phi) is 12.0. The Morgan fingerprint density at radius 1 is 1.40 bits per heavy atom. The van der Waals surface area contributed by atoms with Crippen LogP contribution in [-0.2, 0) is 27.4 Å². The maximum atomic E-state index is 12.8. The molecule has 0 heterocycles. The zero-order chi connectivity index (χ0) is 22.4. The quantitative estimate of drug-likeness (QED) is 0.0824. The molecule has 7 nitrogen and oxygen atoms in total. The van der Waals surface area contributed by atoms with E-state index in [0.29, 0.717) is 19.3 Å². The Hall–Kier alpha value is -2.22. The molecule has 0 saturated heterocycles. The molecule has 1 aromatic rings. The highest BCUT2D eigenvalue weighted by Crippen LogP contribution is 2.25. The van der Waals surface area contributed by atoms with Crippen LogP contribution >= 0.6 is 9.24 Å². The van der Waals surface area contributed by atoms with E-state index in [0.717, 1.165) is 11.1 Å². The van der Waals surface area contributed by atoms with Gasteiger partial charge >= 0.3 is 0 Å². The topological polar surface area (TPSA) is 106 Å². The highest BCUT2D eigenvalue weighted by molar-refractivity contribution is 7.18. The third-order valence-corrected chi connectivity index (χ3v) is 4.35. The van der Waals surface area contributed by atoms with Crippen LogP contribution in [0, 0.1) is 5.92 Å². The minimum atomic E-state index is -2.81. The number of aldehydes is 1. The normalized spacial score (nSPS) is 13.4. The molecule has 0 aromatic heterocycles. The molecular formula is C20H29F2N4O3P. The van der Waals surface area contributed by atoms with Gasteiger partial charge in [0.2, 0.25) is 5.91 Å². The number of allylic oxidation sites excluding steroid dienone is 1. The number of hydrogen-bond donors (Lipinski definition) is 3. The van der Waals surface area contributed by atoms with Crippen molar-refractivity contribution < 1.29 is 23.1 Å². The number of ether oxygens (including phenoxy) is 1. The predicted molar refractivity (Wildman–Crippen MR) is 116 cm³/mol. The van der Waals surface area contributed by atoms with Crippen LogP contribution in [0.2, 0.25) is 0 Å². The first-order valence-corrected chi connectivity index (χ1v) is 10.0. The van der Waals surface area contributed by atoms with Gasteiger partial charge in [0.1, 0.15) is 6.29 Å². The molecule has 10 heteroatoms. The Morgan fingerprint density at radius 2 is 2.13 bits per heavy atom. The van der Waals surface area contributed by atoms with Crippen LogP contribution in [0.25, 0.3) is 0 Å². The van der Waals surface area contributed by atoms with Crippen molar-refractivity contribution in [3.05, 3.63) is 47.5 Å². The zero-order valence-corrected chi connectivity index (χ0v) is 18.1. The zero-order valence-electron chi connectivity index (χ0n) is 16.9. The maximum Gasteiger partial charge on any atom is 0.261 e. The number of hydrazone groups is 1. The summed E-state index contributed by atoms with van der Waals surface area (Å²) in [5.74, 6) is 4.66. The summed E-state index contributed by atoms with van der Waals surface area (Å²) >= 11 is 0. The van der Waals surface area contributed by atoms with Gasteiger partial charge in [0.15, 0.2) is 5.84 Å². The summed E-state index contributed by atoms with van der Waals surface area (Å²) < 4.78 is 30.8. The third-order valence-electron chi connectivity index (χ3n) is 4.06. The van der Waals surface area contributed by atoms with E-state index < -0.39 is 11.6 Å². The second kappa shape index (κ2) is 13.9. The molecule has 166 valence electrons. The van der Waals surface area contributed by atoms with Crippen molar-refractivity contribution in [3.63, 3.8) is 0 Å². The Labute approximate surface area is 177 Å². The number of alkyl halides is 2. The van der Waals surface area contributed by atoms with E-state index in [1.165, 1.54) is 9.24 Å². The van der Waals surface area contributed by atoms with E-state index in [1.54, 1.807) is 19.2 Å². The van der Waals surface area contributed by atoms with Crippen LogP contribution in [0.15, 0.2) is 41.5 Å². The van der Waals surface area contributed by atoms with Crippen molar-refractivity contribution in [1.82, 2.24) is 10.6 Å². The van der Waals surface area contributed by atoms with Crippen molar-refractivity contribution in [3.8, 4) is 0 Å². The standard InChI is InChI=1S/C20H29F2N4O3P/c1-24-13-17(8-10-27)19(28)25-18(26-23)7-3-5-15-4-2-6-16(12-15)14-29-11-9-20(21,22)30/h2-4,6-7,10,12,17,24H,5,8-9,11,13-14,23,30H2,1H3,(H,25,26,28)/b7-3+/t17-/m0/s1. The van der Waals surface area contributed by atoms with Crippen molar-refractivity contribution in [2.75, 3.05) is 20.2 Å². The van der Waals surface area contributed by atoms with Crippen LogP contribution < -0.4 is 16.5 Å². The van der Waals surface area contributed by atoms with Gasteiger partial charge in [-0.25, -0.2) is 8.78 Å². The Morgan fingerprint density at radius 3 is 2.77 bits per heavy atom. The van der Waals surface area contributed by atoms with Gasteiger partial charge < -0.3 is 26.0 Å². The van der Waals surface area contributed by atoms with Gasteiger partial charge in [-0.15, -0.1) is 0 Å². The molecular weight excluding hydrogens is 413 g/mol. The van der Waals surface area contributed by atoms with E-state index in [2.05, 4.69) is 15.7 Å². The minimum absolute atomic E-state index is 0.0324. The first-order chi connectivity index (χ1) is 14.3. The summed E-state index contributed by atoms with van der Waals surface area (Å²) in [5, 5.41) is 9.02. The average Bonchev–Trinajstić information content (AvgIpc) is 2.70. The number of nitrogens with zero attached hydrogens (tertiary/aromatic N) is 1. The Bertz CT molecular complexity index is 739. The van der Waals surface area contributed by atoms with Crippen LogP contribution in [-0.4, -0.2) is 43.9 Å². The van der Waals surface area contributed by atoms with Crippen LogP contribution in [0.5, 0.6) is 0 Å². The SMILES string of the molecule is CNC[C@H](CC=O)C(=O)NC(/C=C/Cc1cccc(COCCC(F)(F)P)c1)=N/N. The van der Waals surface area contributed by atoms with Gasteiger partial charge in [-0.05, 0) is 30.7 Å². The van der Waals surface area contributed by atoms with Crippen molar-refractivity contribution in [2.45, 2.75) is 31.5 Å². The molecule has 0 bridgehead atoms. The summed E-state index contributed by atoms with van der Waals surface area (Å²) in [7, 11) is 3.19. The smallest absolute Gasteiger partial charge is 0.261 e. The van der Waals surface area contributed by atoms with Crippen molar-refractivity contribution in [2.24, 2.45) is 16.9 Å². The van der Waals surface area contributed by atoms with Gasteiger partial charge in [-0.2, -0.15) is 5.10 Å². The molecule has 0 fully saturated rings. The lowest BCUT2D eigenvalue weighted by Gasteiger charge is -2.13. The third kappa shape index (κ3) is 11.1. The van der Waals surface area contributed by atoms with E-state index in [9.17, 15) is 18.4 Å². The van der Waals surface area contributed by atoms with Crippen molar-refractivity contribution in [1.29, 1.82) is 0 Å². The fourth-order valence-corrected chi connectivity index (χ4v) is 2.66. The van der Waals surface area contributed by atoms with E-state index in [4.69, 9.17) is 10.6 Å². The summed E-state index contributed by atoms with van der Waals surface area (Å²) in [4.78, 5) is 22.9. The number of hydrogen-bond acceptors (Lipinski definition) is 6. The number of carbonyl (C=O) groups excluding carboxylic acids is 2. The second-order valence-electron chi connectivity index (χ2n) is 6.65. The molecule has 1 unspecified atom stereocenters. The summed E-state index contributed by atoms with van der Waals surface area (Å²) in [6.07, 6.45) is 4.35. The lowest BCUT2D eigenvalue weighted by Crippen LogP contribution is -2.39. The molecule has 1 amide bonds. The monoisotopic (exact) mass is 442 g/mol. The van der Waals surface area contributed by atoms with Crippen LogP contribution in [0.1, 0.15) is 24.0 Å². The highest BCUT2D eigenvalue weighted by atomic mass is 31.0. The fraction of sp³-hybridized carbons (Fsp3) is 0.450. The Balaban J connectivity index is 2.56. The maximum absolute atomic E-state index is 12.8. The predicted octanol–water partition coefficient (Wildman–Crippen LogP) is 1.97. The molecule has 0 saturated carbocycles. The highest BCUT2D eigenvalue weighted by Gasteiger charge is 2.20. The van der Waals surface area contributed by atoms with Gasteiger partial charge in [0, 0.05) is 19.4 Å². The molecule has 0 spiro atoms. The molecule has 1 aromatic carbocycles. The number of benzene rings is 1. The molecule has 2 atom stereocenters. The summed E-state index contributed by atoms with van der Waals surface area (Å²) in [6, 6.07) is 7.53. The molecule has 4 N–H and O–H groups in total. The number of nitrogens with one attached hydrogen (secondary N) is 2. The second-order valence-corrected chi connectivity index (χ2v) is 7.50. The number of amidine groups is 1.